The number of Topliss-reactive ketones (excluding diaryl/α,β-unsaturated/α-hetero) is 1. The molecule has 0 aromatic rings. The molecule has 2 aliphatic carbocycles. The van der Waals surface area contributed by atoms with Gasteiger partial charge in [-0.05, 0) is 31.1 Å². The van der Waals surface area contributed by atoms with Crippen molar-refractivity contribution in [3.8, 4) is 0 Å². The lowest BCUT2D eigenvalue weighted by molar-refractivity contribution is -0.155. The molecule has 33 heavy (non-hydrogen) atoms. The molecule has 1 heterocycles. The lowest BCUT2D eigenvalue weighted by atomic mass is 9.55. The number of carboxylic acid groups (broad SMARTS) is 1. The van der Waals surface area contributed by atoms with Crippen LogP contribution in [0.25, 0.3) is 0 Å². The number of aliphatic hydroxyl groups is 1. The van der Waals surface area contributed by atoms with Gasteiger partial charge in [0.1, 0.15) is 0 Å². The van der Waals surface area contributed by atoms with Crippen LogP contribution in [0.3, 0.4) is 0 Å². The van der Waals surface area contributed by atoms with E-state index in [4.69, 9.17) is 0 Å². The lowest BCUT2D eigenvalue weighted by Gasteiger charge is -2.51. The minimum absolute atomic E-state index is 0.0215. The number of allylic oxidation sites excluding steroid dienone is 2. The van der Waals surface area contributed by atoms with E-state index in [1.165, 1.54) is 0 Å². The number of carboxylic acids is 1. The predicted octanol–water partition coefficient (Wildman–Crippen LogP) is 3.19. The highest BCUT2D eigenvalue weighted by Gasteiger charge is 2.55. The second kappa shape index (κ2) is 9.75. The van der Waals surface area contributed by atoms with Crippen LogP contribution in [0, 0.1) is 35.5 Å². The molecule has 1 fully saturated rings. The summed E-state index contributed by atoms with van der Waals surface area (Å²) < 4.78 is 0. The van der Waals surface area contributed by atoms with Gasteiger partial charge in [-0.1, -0.05) is 58.3 Å². The Hall–Kier alpha value is -2.54. The van der Waals surface area contributed by atoms with Crippen LogP contribution in [0.1, 0.15) is 59.3 Å². The van der Waals surface area contributed by atoms with Gasteiger partial charge in [0.25, 0.3) is 11.8 Å². The molecule has 3 aliphatic rings. The number of nitrogens with one attached hydrogen (secondary N) is 1. The maximum atomic E-state index is 13.9. The molecular formula is C26H35NO6. The second-order valence-corrected chi connectivity index (χ2v) is 9.99. The third-order valence-electron chi connectivity index (χ3n) is 7.70. The van der Waals surface area contributed by atoms with Gasteiger partial charge in [0.2, 0.25) is 0 Å². The number of hydrogen-bond donors (Lipinski definition) is 3. The van der Waals surface area contributed by atoms with Crippen molar-refractivity contribution in [2.45, 2.75) is 64.9 Å². The topological polar surface area (TPSA) is 121 Å². The van der Waals surface area contributed by atoms with Gasteiger partial charge in [-0.2, -0.15) is 0 Å². The van der Waals surface area contributed by atoms with Crippen LogP contribution in [0.5, 0.6) is 0 Å². The summed E-state index contributed by atoms with van der Waals surface area (Å²) in [6.45, 7) is 9.61. The van der Waals surface area contributed by atoms with Crippen LogP contribution in [0.15, 0.2) is 36.0 Å². The van der Waals surface area contributed by atoms with E-state index >= 15 is 0 Å². The van der Waals surface area contributed by atoms with Crippen molar-refractivity contribution < 1.29 is 29.4 Å². The van der Waals surface area contributed by atoms with E-state index < -0.39 is 52.8 Å². The fourth-order valence-electron chi connectivity index (χ4n) is 6.13. The van der Waals surface area contributed by atoms with Crippen LogP contribution in [0.2, 0.25) is 0 Å². The third-order valence-corrected chi connectivity index (χ3v) is 7.70. The maximum absolute atomic E-state index is 13.9. The first kappa shape index (κ1) is 25.1. The zero-order valence-corrected chi connectivity index (χ0v) is 19.7. The summed E-state index contributed by atoms with van der Waals surface area (Å²) in [5.41, 5.74) is -1.40. The zero-order chi connectivity index (χ0) is 24.5. The zero-order valence-electron chi connectivity index (χ0n) is 19.7. The van der Waals surface area contributed by atoms with Crippen molar-refractivity contribution in [2.24, 2.45) is 35.5 Å². The lowest BCUT2D eigenvalue weighted by Crippen LogP contribution is -2.55. The first-order valence-electron chi connectivity index (χ1n) is 12.0. The summed E-state index contributed by atoms with van der Waals surface area (Å²) in [5, 5.41) is 23.3. The number of carbonyl (C=O) groups excluding carboxylic acids is 3. The Kier molecular flexibility index (Phi) is 7.42. The van der Waals surface area contributed by atoms with Gasteiger partial charge in [-0.15, -0.1) is 6.58 Å². The summed E-state index contributed by atoms with van der Waals surface area (Å²) in [6, 6.07) is 0. The number of rotatable bonds is 9. The first-order chi connectivity index (χ1) is 15.6. The highest BCUT2D eigenvalue weighted by Crippen LogP contribution is 2.51. The van der Waals surface area contributed by atoms with Gasteiger partial charge < -0.3 is 10.2 Å². The van der Waals surface area contributed by atoms with Crippen molar-refractivity contribution in [1.29, 1.82) is 0 Å². The summed E-state index contributed by atoms with van der Waals surface area (Å²) in [6.07, 6.45) is 8.79. The van der Waals surface area contributed by atoms with Crippen molar-refractivity contribution in [3.05, 3.63) is 36.0 Å². The molecule has 180 valence electrons. The summed E-state index contributed by atoms with van der Waals surface area (Å²) in [4.78, 5) is 51.1. The smallest absolute Gasteiger partial charge is 0.306 e. The fourth-order valence-corrected chi connectivity index (χ4v) is 6.13. The van der Waals surface area contributed by atoms with Crippen LogP contribution in [-0.4, -0.2) is 39.4 Å². The highest BCUT2D eigenvalue weighted by atomic mass is 16.4. The van der Waals surface area contributed by atoms with Gasteiger partial charge in [-0.3, -0.25) is 24.5 Å². The number of imide groups is 1. The second-order valence-electron chi connectivity index (χ2n) is 9.99. The van der Waals surface area contributed by atoms with Crippen LogP contribution in [0.4, 0.5) is 0 Å². The number of aliphatic carboxylic acids is 1. The van der Waals surface area contributed by atoms with E-state index in [-0.39, 0.29) is 29.4 Å². The number of unbranched alkanes of at least 4 members (excludes halogenated alkanes) is 2. The van der Waals surface area contributed by atoms with Gasteiger partial charge in [-0.25, -0.2) is 0 Å². The van der Waals surface area contributed by atoms with Crippen molar-refractivity contribution in [1.82, 2.24) is 5.32 Å². The molecule has 1 saturated carbocycles. The Balaban J connectivity index is 2.02. The Morgan fingerprint density at radius 1 is 1.27 bits per heavy atom. The Labute approximate surface area is 195 Å². The molecule has 0 spiro atoms. The number of fused-ring (bicyclic) bond motifs is 1. The van der Waals surface area contributed by atoms with E-state index in [0.717, 1.165) is 19.3 Å². The number of ketones is 1. The summed E-state index contributed by atoms with van der Waals surface area (Å²) >= 11 is 0. The number of carbonyl (C=O) groups is 4. The SMILES string of the molecule is C=C[C@@H](CCCCC)C1=C(C(=O)[C@H]2[C@@H]3[C@@H](C)C[C@@H](C(=O)O)C[C@@]3(O)C=C[C@H]2C)C(=O)NC1=O. The van der Waals surface area contributed by atoms with E-state index in [9.17, 15) is 29.4 Å². The molecule has 1 aliphatic heterocycles. The first-order valence-corrected chi connectivity index (χ1v) is 12.0. The van der Waals surface area contributed by atoms with Crippen LogP contribution >= 0.6 is 0 Å². The van der Waals surface area contributed by atoms with Crippen molar-refractivity contribution in [2.75, 3.05) is 0 Å². The van der Waals surface area contributed by atoms with Gasteiger partial charge in [0.15, 0.2) is 5.78 Å². The largest absolute Gasteiger partial charge is 0.481 e. The molecule has 3 rings (SSSR count). The van der Waals surface area contributed by atoms with Crippen LogP contribution in [-0.2, 0) is 19.2 Å². The maximum Gasteiger partial charge on any atom is 0.306 e. The quantitative estimate of drug-likeness (QED) is 0.212. The third kappa shape index (κ3) is 4.60. The van der Waals surface area contributed by atoms with E-state index in [1.807, 2.05) is 13.8 Å². The number of hydrogen-bond acceptors (Lipinski definition) is 5. The molecule has 0 aromatic heterocycles. The molecule has 7 nitrogen and oxygen atoms in total. The summed E-state index contributed by atoms with van der Waals surface area (Å²) in [5.74, 6) is -5.57. The predicted molar refractivity (Wildman–Crippen MR) is 123 cm³/mol. The standard InChI is InChI=1S/C26H35NO6/c1-5-7-8-9-16(6-2)19-20(24(30)27-23(19)29)22(28)18-14(3)10-11-26(33)13-17(25(31)32)12-15(4)21(18)26/h6,10-11,14-18,21,33H,2,5,7-9,12-13H2,1,3-4H3,(H,31,32)(H,27,29,30)/t14-,15+,16+,17-,18-,21+,26+/m1/s1. The minimum Gasteiger partial charge on any atom is -0.481 e. The molecule has 0 radical (unpaired) electrons. The van der Waals surface area contributed by atoms with Crippen molar-refractivity contribution in [3.63, 3.8) is 0 Å². The molecule has 7 heteroatoms. The highest BCUT2D eigenvalue weighted by molar-refractivity contribution is 6.33. The number of amides is 2. The van der Waals surface area contributed by atoms with Gasteiger partial charge in [0.05, 0.1) is 17.1 Å². The van der Waals surface area contributed by atoms with E-state index in [1.54, 1.807) is 18.2 Å². The Bertz CT molecular complexity index is 918. The molecule has 0 bridgehead atoms. The van der Waals surface area contributed by atoms with Crippen molar-refractivity contribution >= 4 is 23.6 Å². The monoisotopic (exact) mass is 457 g/mol. The normalized spacial score (nSPS) is 34.6. The average Bonchev–Trinajstić information content (AvgIpc) is 3.05. The van der Waals surface area contributed by atoms with E-state index in [2.05, 4.69) is 18.8 Å². The van der Waals surface area contributed by atoms with Gasteiger partial charge >= 0.3 is 5.97 Å². The Morgan fingerprint density at radius 2 is 1.97 bits per heavy atom. The molecule has 0 aromatic carbocycles. The fraction of sp³-hybridized carbons (Fsp3) is 0.615. The molecule has 2 amide bonds. The Morgan fingerprint density at radius 3 is 2.58 bits per heavy atom. The molecule has 3 N–H and O–H groups in total. The van der Waals surface area contributed by atoms with E-state index in [0.29, 0.717) is 12.8 Å². The molecule has 0 unspecified atom stereocenters. The minimum atomic E-state index is -1.45. The average molecular weight is 458 g/mol. The molecular weight excluding hydrogens is 422 g/mol. The molecule has 7 atom stereocenters. The summed E-state index contributed by atoms with van der Waals surface area (Å²) in [7, 11) is 0. The van der Waals surface area contributed by atoms with Gasteiger partial charge in [0, 0.05) is 23.3 Å². The van der Waals surface area contributed by atoms with Crippen LogP contribution < -0.4 is 5.32 Å². The molecule has 0 saturated heterocycles.